The Labute approximate surface area is 186 Å². The normalized spacial score (nSPS) is 19.1. The Balaban J connectivity index is 1.52. The van der Waals surface area contributed by atoms with Crippen LogP contribution in [0, 0.1) is 5.92 Å². The van der Waals surface area contributed by atoms with Gasteiger partial charge in [-0.15, -0.1) is 0 Å². The second-order valence-corrected chi connectivity index (χ2v) is 8.57. The minimum absolute atomic E-state index is 0.201. The molecule has 1 atom stereocenters. The maximum atomic E-state index is 12.8. The van der Waals surface area contributed by atoms with Gasteiger partial charge in [-0.3, -0.25) is 9.79 Å². The van der Waals surface area contributed by atoms with Crippen molar-refractivity contribution >= 4 is 11.9 Å². The van der Waals surface area contributed by atoms with E-state index >= 15 is 0 Å². The maximum absolute atomic E-state index is 12.8. The number of ether oxygens (including phenoxy) is 2. The van der Waals surface area contributed by atoms with Crippen LogP contribution in [-0.2, 0) is 17.8 Å². The summed E-state index contributed by atoms with van der Waals surface area (Å²) in [4.78, 5) is 21.9. The van der Waals surface area contributed by atoms with E-state index in [1.54, 1.807) is 14.2 Å². The van der Waals surface area contributed by atoms with Crippen LogP contribution in [0.2, 0.25) is 0 Å². The third kappa shape index (κ3) is 6.05. The number of piperidine rings is 1. The fourth-order valence-electron chi connectivity index (χ4n) is 4.48. The summed E-state index contributed by atoms with van der Waals surface area (Å²) in [6.07, 6.45) is 4.66. The zero-order valence-electron chi connectivity index (χ0n) is 19.6. The summed E-state index contributed by atoms with van der Waals surface area (Å²) in [5.74, 6) is 3.37. The summed E-state index contributed by atoms with van der Waals surface area (Å²) in [7, 11) is 3.29. The highest BCUT2D eigenvalue weighted by molar-refractivity contribution is 5.80. The molecule has 1 fully saturated rings. The molecule has 1 unspecified atom stereocenters. The zero-order valence-corrected chi connectivity index (χ0v) is 19.6. The molecule has 0 aliphatic carbocycles. The van der Waals surface area contributed by atoms with E-state index in [0.29, 0.717) is 31.2 Å². The largest absolute Gasteiger partial charge is 0.493 e. The molecule has 1 aromatic rings. The lowest BCUT2D eigenvalue weighted by molar-refractivity contribution is -0.132. The number of methoxy groups -OCH3 is 2. The Kier molecular flexibility index (Phi) is 8.43. The number of hydrogen-bond donors (Lipinski definition) is 1. The van der Waals surface area contributed by atoms with Crippen LogP contribution in [0.5, 0.6) is 11.5 Å². The number of likely N-dealkylation sites (tertiary alicyclic amines) is 1. The van der Waals surface area contributed by atoms with Crippen molar-refractivity contribution in [3.8, 4) is 11.5 Å². The molecule has 31 heavy (non-hydrogen) atoms. The molecule has 0 saturated carbocycles. The van der Waals surface area contributed by atoms with E-state index < -0.39 is 0 Å². The molecular weight excluding hydrogens is 392 g/mol. The second-order valence-electron chi connectivity index (χ2n) is 8.57. The minimum atomic E-state index is 0.201. The van der Waals surface area contributed by atoms with Crippen LogP contribution in [0.15, 0.2) is 17.1 Å². The number of nitrogens with one attached hydrogen (secondary N) is 1. The Morgan fingerprint density at radius 1 is 1.16 bits per heavy atom. The summed E-state index contributed by atoms with van der Waals surface area (Å²) < 4.78 is 10.8. The van der Waals surface area contributed by atoms with Crippen LogP contribution in [0.25, 0.3) is 0 Å². The lowest BCUT2D eigenvalue weighted by Crippen LogP contribution is -2.46. The Bertz CT molecular complexity index is 780. The summed E-state index contributed by atoms with van der Waals surface area (Å²) in [5, 5.41) is 3.41. The van der Waals surface area contributed by atoms with Gasteiger partial charge < -0.3 is 24.6 Å². The van der Waals surface area contributed by atoms with Crippen LogP contribution in [0.4, 0.5) is 0 Å². The fraction of sp³-hybridized carbons (Fsp3) is 0.667. The number of carbonyl (C=O) groups excluding carboxylic acids is 1. The highest BCUT2D eigenvalue weighted by Crippen LogP contribution is 2.33. The average Bonchev–Trinajstić information content (AvgIpc) is 2.79. The van der Waals surface area contributed by atoms with Gasteiger partial charge in [0.2, 0.25) is 5.91 Å². The number of nitrogens with zero attached hydrogens (tertiary/aromatic N) is 3. The van der Waals surface area contributed by atoms with Gasteiger partial charge in [-0.25, -0.2) is 0 Å². The van der Waals surface area contributed by atoms with E-state index in [0.717, 1.165) is 56.3 Å². The third-order valence-corrected chi connectivity index (χ3v) is 6.17. The van der Waals surface area contributed by atoms with Crippen molar-refractivity contribution in [2.45, 2.75) is 52.5 Å². The molecule has 172 valence electrons. The predicted molar refractivity (Wildman–Crippen MR) is 124 cm³/mol. The third-order valence-electron chi connectivity index (χ3n) is 6.17. The monoisotopic (exact) mass is 430 g/mol. The summed E-state index contributed by atoms with van der Waals surface area (Å²) >= 11 is 0. The number of hydrogen-bond acceptors (Lipinski definition) is 4. The highest BCUT2D eigenvalue weighted by atomic mass is 16.5. The standard InChI is InChI=1S/C24H38N4O3/c1-5-25-24(28-12-7-8-18(2)16-28)26-11-6-9-23(29)27-13-10-19-14-21(30-3)22(31-4)15-20(19)17-27/h14-15,18H,5-13,16-17H2,1-4H3,(H,25,26). The van der Waals surface area contributed by atoms with Crippen LogP contribution >= 0.6 is 0 Å². The SMILES string of the molecule is CCNC(=NCCCC(=O)N1CCc2cc(OC)c(OC)cc2C1)N1CCCC(C)C1. The lowest BCUT2D eigenvalue weighted by atomic mass is 9.98. The summed E-state index contributed by atoms with van der Waals surface area (Å²) in [6.45, 7) is 9.45. The maximum Gasteiger partial charge on any atom is 0.222 e. The quantitative estimate of drug-likeness (QED) is 0.409. The van der Waals surface area contributed by atoms with Gasteiger partial charge >= 0.3 is 0 Å². The van der Waals surface area contributed by atoms with Gasteiger partial charge in [0.15, 0.2) is 17.5 Å². The number of fused-ring (bicyclic) bond motifs is 1. The van der Waals surface area contributed by atoms with Crippen molar-refractivity contribution in [1.82, 2.24) is 15.1 Å². The predicted octanol–water partition coefficient (Wildman–Crippen LogP) is 3.07. The number of rotatable bonds is 7. The Morgan fingerprint density at radius 3 is 2.58 bits per heavy atom. The first-order chi connectivity index (χ1) is 15.0. The fourth-order valence-corrected chi connectivity index (χ4v) is 4.48. The summed E-state index contributed by atoms with van der Waals surface area (Å²) in [6, 6.07) is 4.04. The smallest absolute Gasteiger partial charge is 0.222 e. The molecule has 3 rings (SSSR count). The Morgan fingerprint density at radius 2 is 1.90 bits per heavy atom. The summed E-state index contributed by atoms with van der Waals surface area (Å²) in [5.41, 5.74) is 2.38. The van der Waals surface area contributed by atoms with Gasteiger partial charge in [0, 0.05) is 45.7 Å². The molecule has 0 bridgehead atoms. The van der Waals surface area contributed by atoms with Gasteiger partial charge in [-0.1, -0.05) is 6.92 Å². The van der Waals surface area contributed by atoms with Gasteiger partial charge in [-0.2, -0.15) is 0 Å². The molecule has 2 heterocycles. The lowest BCUT2D eigenvalue weighted by Gasteiger charge is -2.33. The van der Waals surface area contributed by atoms with Crippen LogP contribution in [0.1, 0.15) is 50.7 Å². The minimum Gasteiger partial charge on any atom is -0.493 e. The molecule has 2 aliphatic rings. The molecule has 7 nitrogen and oxygen atoms in total. The molecule has 1 saturated heterocycles. The van der Waals surface area contributed by atoms with E-state index in [4.69, 9.17) is 14.5 Å². The number of guanidine groups is 1. The van der Waals surface area contributed by atoms with Crippen molar-refractivity contribution in [2.75, 3.05) is 46.9 Å². The average molecular weight is 431 g/mol. The zero-order chi connectivity index (χ0) is 22.2. The number of carbonyl (C=O) groups is 1. The van der Waals surface area contributed by atoms with Gasteiger partial charge in [0.25, 0.3) is 0 Å². The number of aliphatic imine (C=N–C) groups is 1. The molecule has 0 spiro atoms. The van der Waals surface area contributed by atoms with E-state index in [1.807, 2.05) is 17.0 Å². The topological polar surface area (TPSA) is 66.4 Å². The van der Waals surface area contributed by atoms with E-state index in [-0.39, 0.29) is 5.91 Å². The van der Waals surface area contributed by atoms with Crippen LogP contribution < -0.4 is 14.8 Å². The van der Waals surface area contributed by atoms with E-state index in [9.17, 15) is 4.79 Å². The van der Waals surface area contributed by atoms with E-state index in [2.05, 4.69) is 24.1 Å². The first kappa shape index (κ1) is 23.2. The highest BCUT2D eigenvalue weighted by Gasteiger charge is 2.23. The Hall–Kier alpha value is -2.44. The van der Waals surface area contributed by atoms with Crippen LogP contribution in [-0.4, -0.2) is 68.6 Å². The van der Waals surface area contributed by atoms with Crippen molar-refractivity contribution in [3.05, 3.63) is 23.3 Å². The second kappa shape index (κ2) is 11.3. The van der Waals surface area contributed by atoms with Gasteiger partial charge in [0.1, 0.15) is 0 Å². The van der Waals surface area contributed by atoms with Gasteiger partial charge in [-0.05, 0) is 61.8 Å². The number of amides is 1. The molecule has 2 aliphatic heterocycles. The van der Waals surface area contributed by atoms with Gasteiger partial charge in [0.05, 0.1) is 14.2 Å². The first-order valence-electron chi connectivity index (χ1n) is 11.6. The van der Waals surface area contributed by atoms with Crippen molar-refractivity contribution in [1.29, 1.82) is 0 Å². The molecular formula is C24H38N4O3. The molecule has 0 radical (unpaired) electrons. The molecule has 1 amide bonds. The molecule has 7 heteroatoms. The number of benzene rings is 1. The molecule has 0 aromatic heterocycles. The van der Waals surface area contributed by atoms with Crippen molar-refractivity contribution in [3.63, 3.8) is 0 Å². The van der Waals surface area contributed by atoms with Crippen LogP contribution in [0.3, 0.4) is 0 Å². The molecule has 1 N–H and O–H groups in total. The molecule has 1 aromatic carbocycles. The van der Waals surface area contributed by atoms with Crippen molar-refractivity contribution < 1.29 is 14.3 Å². The van der Waals surface area contributed by atoms with Crippen molar-refractivity contribution in [2.24, 2.45) is 10.9 Å². The first-order valence-corrected chi connectivity index (χ1v) is 11.6. The van der Waals surface area contributed by atoms with E-state index in [1.165, 1.54) is 18.4 Å².